The zero-order valence-electron chi connectivity index (χ0n) is 11.2. The second-order valence-corrected chi connectivity index (χ2v) is 4.01. The van der Waals surface area contributed by atoms with Gasteiger partial charge < -0.3 is 15.2 Å². The van der Waals surface area contributed by atoms with Crippen LogP contribution in [0.5, 0.6) is 5.75 Å². The molecule has 0 spiro atoms. The van der Waals surface area contributed by atoms with Gasteiger partial charge in [-0.2, -0.15) is 0 Å². The van der Waals surface area contributed by atoms with E-state index in [-0.39, 0.29) is 0 Å². The fraction of sp³-hybridized carbons (Fsp3) is 0.308. The van der Waals surface area contributed by atoms with Gasteiger partial charge in [0, 0.05) is 0 Å². The van der Waals surface area contributed by atoms with Gasteiger partial charge in [-0.15, -0.1) is 0 Å². The lowest BCUT2D eigenvalue weighted by Gasteiger charge is -2.17. The molecular formula is C13H16N2O5. The lowest BCUT2D eigenvalue weighted by atomic mass is 10.3. The molecule has 0 saturated heterocycles. The van der Waals surface area contributed by atoms with Gasteiger partial charge in [-0.25, -0.2) is 9.59 Å². The first kappa shape index (κ1) is 15.5. The van der Waals surface area contributed by atoms with Crippen molar-refractivity contribution in [3.05, 3.63) is 30.3 Å². The zero-order valence-corrected chi connectivity index (χ0v) is 11.2. The molecule has 0 aromatic heterocycles. The zero-order chi connectivity index (χ0) is 15.1. The molecule has 0 aliphatic heterocycles. The number of carbonyl (C=O) groups is 3. The molecule has 0 radical (unpaired) electrons. The summed E-state index contributed by atoms with van der Waals surface area (Å²) in [6, 6.07) is 7.70. The van der Waals surface area contributed by atoms with Crippen LogP contribution in [-0.4, -0.2) is 30.1 Å². The molecule has 3 amide bonds. The maximum absolute atomic E-state index is 11.7. The third-order valence-electron chi connectivity index (χ3n) is 2.30. The molecule has 0 fully saturated rings. The molecule has 0 heterocycles. The lowest BCUT2D eigenvalue weighted by molar-refractivity contribution is -0.160. The van der Waals surface area contributed by atoms with Crippen LogP contribution in [0.25, 0.3) is 0 Å². The Kier molecular flexibility index (Phi) is 5.52. The smallest absolute Gasteiger partial charge is 0.347 e. The molecule has 108 valence electrons. The highest BCUT2D eigenvalue weighted by Gasteiger charge is 2.23. The highest BCUT2D eigenvalue weighted by Crippen LogP contribution is 2.11. The maximum atomic E-state index is 11.7. The molecule has 1 rings (SSSR count). The molecule has 20 heavy (non-hydrogen) atoms. The number of benzene rings is 1. The number of para-hydroxylation sites is 1. The molecule has 7 nitrogen and oxygen atoms in total. The number of esters is 1. The Morgan fingerprint density at radius 2 is 1.70 bits per heavy atom. The van der Waals surface area contributed by atoms with Gasteiger partial charge >= 0.3 is 12.0 Å². The van der Waals surface area contributed by atoms with Gasteiger partial charge in [0.1, 0.15) is 5.75 Å². The number of nitrogens with two attached hydrogens (primary N) is 1. The van der Waals surface area contributed by atoms with Crippen molar-refractivity contribution in [2.24, 2.45) is 5.73 Å². The van der Waals surface area contributed by atoms with Crippen molar-refractivity contribution >= 4 is 17.9 Å². The van der Waals surface area contributed by atoms with E-state index >= 15 is 0 Å². The van der Waals surface area contributed by atoms with Gasteiger partial charge in [0.15, 0.2) is 12.2 Å². The number of primary amides is 1. The van der Waals surface area contributed by atoms with Crippen molar-refractivity contribution in [3.63, 3.8) is 0 Å². The van der Waals surface area contributed by atoms with E-state index in [4.69, 9.17) is 15.2 Å². The van der Waals surface area contributed by atoms with E-state index in [2.05, 4.69) is 0 Å². The molecule has 7 heteroatoms. The van der Waals surface area contributed by atoms with Crippen LogP contribution in [-0.2, 0) is 14.3 Å². The lowest BCUT2D eigenvalue weighted by Crippen LogP contribution is -2.43. The highest BCUT2D eigenvalue weighted by atomic mass is 16.6. The third-order valence-corrected chi connectivity index (χ3v) is 2.30. The van der Waals surface area contributed by atoms with Gasteiger partial charge in [-0.05, 0) is 26.0 Å². The topological polar surface area (TPSA) is 108 Å². The number of hydrogen-bond acceptors (Lipinski definition) is 5. The van der Waals surface area contributed by atoms with E-state index in [1.165, 1.54) is 13.8 Å². The highest BCUT2D eigenvalue weighted by molar-refractivity contribution is 5.96. The summed E-state index contributed by atoms with van der Waals surface area (Å²) in [5.74, 6) is -1.01. The number of ether oxygens (including phenoxy) is 2. The Morgan fingerprint density at radius 3 is 2.25 bits per heavy atom. The van der Waals surface area contributed by atoms with Gasteiger partial charge in [-0.1, -0.05) is 18.2 Å². The Labute approximate surface area is 116 Å². The number of urea groups is 1. The van der Waals surface area contributed by atoms with E-state index in [1.807, 2.05) is 11.4 Å². The second kappa shape index (κ2) is 7.13. The first-order valence-corrected chi connectivity index (χ1v) is 5.92. The van der Waals surface area contributed by atoms with Crippen LogP contribution in [0, 0.1) is 0 Å². The summed E-state index contributed by atoms with van der Waals surface area (Å²) in [5.41, 5.74) is 4.79. The average molecular weight is 280 g/mol. The van der Waals surface area contributed by atoms with E-state index < -0.39 is 30.1 Å². The second-order valence-electron chi connectivity index (χ2n) is 4.01. The Balaban J connectivity index is 2.49. The Hall–Kier alpha value is -2.57. The van der Waals surface area contributed by atoms with Crippen LogP contribution in [0.1, 0.15) is 13.8 Å². The first-order chi connectivity index (χ1) is 9.40. The molecule has 0 aliphatic rings. The molecule has 1 aromatic rings. The monoisotopic (exact) mass is 280 g/mol. The minimum absolute atomic E-state index is 0.506. The molecule has 2 atom stereocenters. The normalized spacial score (nSPS) is 12.9. The first-order valence-electron chi connectivity index (χ1n) is 5.92. The minimum atomic E-state index is -1.14. The number of amides is 3. The third kappa shape index (κ3) is 4.97. The predicted octanol–water partition coefficient (Wildman–Crippen LogP) is 0.581. The van der Waals surface area contributed by atoms with Crippen molar-refractivity contribution in [3.8, 4) is 5.75 Å². The fourth-order valence-electron chi connectivity index (χ4n) is 1.30. The SMILES string of the molecule is CC(OC(=O)C(C)Oc1ccccc1)C(=O)NC(N)=O. The summed E-state index contributed by atoms with van der Waals surface area (Å²) in [4.78, 5) is 33.5. The van der Waals surface area contributed by atoms with Crippen molar-refractivity contribution in [2.45, 2.75) is 26.1 Å². The van der Waals surface area contributed by atoms with E-state index in [0.717, 1.165) is 0 Å². The Bertz CT molecular complexity index is 489. The van der Waals surface area contributed by atoms with Gasteiger partial charge in [-0.3, -0.25) is 10.1 Å². The minimum Gasteiger partial charge on any atom is -0.479 e. The quantitative estimate of drug-likeness (QED) is 0.767. The summed E-state index contributed by atoms with van der Waals surface area (Å²) in [6.07, 6.45) is -2.03. The maximum Gasteiger partial charge on any atom is 0.347 e. The van der Waals surface area contributed by atoms with Gasteiger partial charge in [0.25, 0.3) is 5.91 Å². The number of imide groups is 1. The Morgan fingerprint density at radius 1 is 1.10 bits per heavy atom. The van der Waals surface area contributed by atoms with Crippen LogP contribution in [0.2, 0.25) is 0 Å². The van der Waals surface area contributed by atoms with Crippen molar-refractivity contribution in [2.75, 3.05) is 0 Å². The summed E-state index contributed by atoms with van der Waals surface area (Å²) in [5, 5.41) is 1.82. The molecular weight excluding hydrogens is 264 g/mol. The molecule has 0 saturated carbocycles. The molecule has 2 unspecified atom stereocenters. The van der Waals surface area contributed by atoms with Gasteiger partial charge in [0.2, 0.25) is 0 Å². The van der Waals surface area contributed by atoms with Crippen LogP contribution >= 0.6 is 0 Å². The van der Waals surface area contributed by atoms with Crippen molar-refractivity contribution in [1.82, 2.24) is 5.32 Å². The fourth-order valence-corrected chi connectivity index (χ4v) is 1.30. The standard InChI is InChI=1S/C13H16N2O5/c1-8(11(16)15-13(14)18)20-12(17)9(2)19-10-6-4-3-5-7-10/h3-9H,1-2H3,(H3,14,15,16,18). The van der Waals surface area contributed by atoms with Gasteiger partial charge in [0.05, 0.1) is 0 Å². The number of carbonyl (C=O) groups excluding carboxylic acids is 3. The average Bonchev–Trinajstić information content (AvgIpc) is 2.38. The molecule has 0 aliphatic carbocycles. The molecule has 1 aromatic carbocycles. The summed E-state index contributed by atoms with van der Waals surface area (Å²) >= 11 is 0. The van der Waals surface area contributed by atoms with E-state index in [9.17, 15) is 14.4 Å². The molecule has 0 bridgehead atoms. The summed E-state index contributed by atoms with van der Waals surface area (Å²) in [6.45, 7) is 2.82. The van der Waals surface area contributed by atoms with E-state index in [1.54, 1.807) is 24.3 Å². The van der Waals surface area contributed by atoms with Crippen molar-refractivity contribution in [1.29, 1.82) is 0 Å². The predicted molar refractivity (Wildman–Crippen MR) is 69.8 cm³/mol. The number of nitrogens with one attached hydrogen (secondary N) is 1. The van der Waals surface area contributed by atoms with Crippen LogP contribution in [0.4, 0.5) is 4.79 Å². The van der Waals surface area contributed by atoms with Crippen LogP contribution < -0.4 is 15.8 Å². The summed E-state index contributed by atoms with van der Waals surface area (Å²) < 4.78 is 10.2. The van der Waals surface area contributed by atoms with Crippen LogP contribution in [0.3, 0.4) is 0 Å². The van der Waals surface area contributed by atoms with E-state index in [0.29, 0.717) is 5.75 Å². The number of rotatable bonds is 5. The summed E-state index contributed by atoms with van der Waals surface area (Å²) in [7, 11) is 0. The van der Waals surface area contributed by atoms with Crippen molar-refractivity contribution < 1.29 is 23.9 Å². The van der Waals surface area contributed by atoms with Crippen LogP contribution in [0.15, 0.2) is 30.3 Å². The molecule has 3 N–H and O–H groups in total. The number of hydrogen-bond donors (Lipinski definition) is 2. The largest absolute Gasteiger partial charge is 0.479 e.